The quantitative estimate of drug-likeness (QED) is 0.0262. The third-order valence-corrected chi connectivity index (χ3v) is 10.5. The number of unbranched alkanes of at least 4 members (excludes halogenated alkanes) is 9. The zero-order chi connectivity index (χ0) is 50.0. The van der Waals surface area contributed by atoms with E-state index in [2.05, 4.69) is 179 Å². The molecule has 6 nitrogen and oxygen atoms in total. The molecule has 0 bridgehead atoms. The van der Waals surface area contributed by atoms with Crippen molar-refractivity contribution < 1.29 is 28.6 Å². The Kier molecular flexibility index (Phi) is 51.6. The van der Waals surface area contributed by atoms with Crippen LogP contribution in [0.3, 0.4) is 0 Å². The van der Waals surface area contributed by atoms with Crippen molar-refractivity contribution in [1.29, 1.82) is 0 Å². The van der Waals surface area contributed by atoms with Gasteiger partial charge in [0.1, 0.15) is 13.2 Å². The Morgan fingerprint density at radius 1 is 0.290 bits per heavy atom. The molecule has 0 heterocycles. The molecule has 0 aromatic carbocycles. The first-order valence-electron chi connectivity index (χ1n) is 27.0. The van der Waals surface area contributed by atoms with E-state index >= 15 is 0 Å². The summed E-state index contributed by atoms with van der Waals surface area (Å²) in [4.78, 5) is 38.1. The van der Waals surface area contributed by atoms with Crippen LogP contribution in [0.25, 0.3) is 0 Å². The summed E-state index contributed by atoms with van der Waals surface area (Å²) in [5, 5.41) is 0. The smallest absolute Gasteiger partial charge is 0.306 e. The largest absolute Gasteiger partial charge is 0.462 e. The van der Waals surface area contributed by atoms with Crippen LogP contribution in [-0.4, -0.2) is 37.2 Å². The molecule has 0 radical (unpaired) electrons. The zero-order valence-electron chi connectivity index (χ0n) is 43.8. The first-order chi connectivity index (χ1) is 34.0. The van der Waals surface area contributed by atoms with Gasteiger partial charge in [-0.15, -0.1) is 0 Å². The number of ether oxygens (including phenoxy) is 3. The maximum absolute atomic E-state index is 12.8. The third-order valence-electron chi connectivity index (χ3n) is 10.5. The number of allylic oxidation sites excluding steroid dienone is 26. The van der Waals surface area contributed by atoms with Gasteiger partial charge >= 0.3 is 17.9 Å². The second-order valence-electron chi connectivity index (χ2n) is 17.0. The predicted molar refractivity (Wildman–Crippen MR) is 297 cm³/mol. The molecule has 0 aliphatic carbocycles. The van der Waals surface area contributed by atoms with E-state index in [4.69, 9.17) is 14.2 Å². The molecule has 0 fully saturated rings. The van der Waals surface area contributed by atoms with Crippen molar-refractivity contribution in [2.45, 2.75) is 207 Å². The van der Waals surface area contributed by atoms with Crippen LogP contribution in [0.1, 0.15) is 201 Å². The van der Waals surface area contributed by atoms with Crippen molar-refractivity contribution in [2.24, 2.45) is 0 Å². The summed E-state index contributed by atoms with van der Waals surface area (Å²) in [7, 11) is 0. The summed E-state index contributed by atoms with van der Waals surface area (Å²) in [5.74, 6) is -1.05. The van der Waals surface area contributed by atoms with Crippen LogP contribution < -0.4 is 0 Å². The van der Waals surface area contributed by atoms with Gasteiger partial charge < -0.3 is 14.2 Å². The summed E-state index contributed by atoms with van der Waals surface area (Å²) in [6.07, 6.45) is 80.9. The number of carbonyl (C=O) groups excluding carboxylic acids is 3. The first kappa shape index (κ1) is 64.0. The van der Waals surface area contributed by atoms with Gasteiger partial charge in [-0.1, -0.05) is 204 Å². The van der Waals surface area contributed by atoms with Gasteiger partial charge in [-0.05, 0) is 135 Å². The number of rotatable bonds is 46. The maximum Gasteiger partial charge on any atom is 0.306 e. The molecule has 0 N–H and O–H groups in total. The summed E-state index contributed by atoms with van der Waals surface area (Å²) in [5.41, 5.74) is 0. The van der Waals surface area contributed by atoms with Gasteiger partial charge in [-0.2, -0.15) is 0 Å². The summed E-state index contributed by atoms with van der Waals surface area (Å²) >= 11 is 0. The molecule has 384 valence electrons. The molecule has 0 saturated carbocycles. The van der Waals surface area contributed by atoms with Crippen molar-refractivity contribution in [3.05, 3.63) is 158 Å². The molecule has 0 aliphatic heterocycles. The summed E-state index contributed by atoms with van der Waals surface area (Å²) < 4.78 is 16.7. The Bertz CT molecular complexity index is 1530. The van der Waals surface area contributed by atoms with Crippen molar-refractivity contribution >= 4 is 17.9 Å². The van der Waals surface area contributed by atoms with Crippen LogP contribution >= 0.6 is 0 Å². The van der Waals surface area contributed by atoms with Crippen LogP contribution in [-0.2, 0) is 28.6 Å². The van der Waals surface area contributed by atoms with E-state index in [1.807, 2.05) is 0 Å². The number of hydrogen-bond acceptors (Lipinski definition) is 6. The van der Waals surface area contributed by atoms with E-state index in [-0.39, 0.29) is 37.5 Å². The number of hydrogen-bond donors (Lipinski definition) is 0. The Morgan fingerprint density at radius 3 is 0.841 bits per heavy atom. The molecular weight excluding hydrogens is 853 g/mol. The summed E-state index contributed by atoms with van der Waals surface area (Å²) in [6, 6.07) is 0. The van der Waals surface area contributed by atoms with Gasteiger partial charge in [0, 0.05) is 19.3 Å². The van der Waals surface area contributed by atoms with Gasteiger partial charge in [0.05, 0.1) is 0 Å². The normalized spacial score (nSPS) is 13.0. The topological polar surface area (TPSA) is 78.9 Å². The van der Waals surface area contributed by atoms with E-state index in [0.717, 1.165) is 154 Å². The molecular formula is C63H96O6. The molecule has 0 rings (SSSR count). The minimum atomic E-state index is -0.837. The van der Waals surface area contributed by atoms with Crippen LogP contribution in [0.5, 0.6) is 0 Å². The maximum atomic E-state index is 12.8. The molecule has 6 heteroatoms. The third kappa shape index (κ3) is 53.8. The monoisotopic (exact) mass is 949 g/mol. The highest BCUT2D eigenvalue weighted by molar-refractivity contribution is 5.71. The second kappa shape index (κ2) is 55.6. The van der Waals surface area contributed by atoms with Gasteiger partial charge in [0.2, 0.25) is 0 Å². The zero-order valence-corrected chi connectivity index (χ0v) is 43.8. The highest BCUT2D eigenvalue weighted by Gasteiger charge is 2.19. The standard InChI is InChI=1S/C63H96O6/c1-4-7-10-13-16-19-22-25-28-31-34-37-40-43-46-49-52-55-61(64)67-58-60(69-63(66)57-54-51-48-45-42-39-36-33-30-27-24-21-18-15-12-9-6-3)59-68-62(65)56-53-50-47-44-41-38-35-32-29-26-23-20-17-14-11-8-5-2/h7-12,16-21,25-30,34-39,45,48,60H,4-6,13-15,22-24,31-33,40-44,46-47,49-59H2,1-3H3/b10-7-,11-8-,12-9-,19-16-,20-17-,21-18-,28-25-,29-26-,30-27-,37-34-,38-35-,39-36-,48-45-. The average Bonchev–Trinajstić information content (AvgIpc) is 3.35. The van der Waals surface area contributed by atoms with E-state index < -0.39 is 6.10 Å². The van der Waals surface area contributed by atoms with E-state index in [9.17, 15) is 14.4 Å². The second-order valence-corrected chi connectivity index (χ2v) is 17.0. The molecule has 0 unspecified atom stereocenters. The van der Waals surface area contributed by atoms with E-state index in [1.165, 1.54) is 0 Å². The van der Waals surface area contributed by atoms with Crippen molar-refractivity contribution in [1.82, 2.24) is 0 Å². The van der Waals surface area contributed by atoms with Crippen molar-refractivity contribution in [3.8, 4) is 0 Å². The lowest BCUT2D eigenvalue weighted by Crippen LogP contribution is -2.30. The summed E-state index contributed by atoms with van der Waals surface area (Å²) in [6.45, 7) is 6.18. The Labute approximate surface area is 422 Å². The van der Waals surface area contributed by atoms with E-state index in [1.54, 1.807) is 0 Å². The lowest BCUT2D eigenvalue weighted by Gasteiger charge is -2.18. The van der Waals surface area contributed by atoms with Crippen LogP contribution in [0, 0.1) is 0 Å². The predicted octanol–water partition coefficient (Wildman–Crippen LogP) is 18.2. The SMILES string of the molecule is CC/C=C\C/C=C\C/C=C\C/C=C\C/C=C\CCCC(=O)OC(COC(=O)CCCCCC/C=C\C/C=C\C/C=C\C/C=C\CC)COC(=O)CCCCCC/C=C\C/C=C\C/C=C\C/C=C\CC. The molecule has 0 amide bonds. The van der Waals surface area contributed by atoms with Gasteiger partial charge in [-0.25, -0.2) is 0 Å². The van der Waals surface area contributed by atoms with E-state index in [0.29, 0.717) is 19.3 Å². The molecule has 0 atom stereocenters. The van der Waals surface area contributed by atoms with Gasteiger partial charge in [0.15, 0.2) is 6.10 Å². The molecule has 0 aliphatic rings. The number of carbonyl (C=O) groups is 3. The van der Waals surface area contributed by atoms with Crippen LogP contribution in [0.15, 0.2) is 158 Å². The van der Waals surface area contributed by atoms with Crippen molar-refractivity contribution in [3.63, 3.8) is 0 Å². The first-order valence-corrected chi connectivity index (χ1v) is 27.0. The Morgan fingerprint density at radius 2 is 0.536 bits per heavy atom. The lowest BCUT2D eigenvalue weighted by molar-refractivity contribution is -0.167. The fraction of sp³-hybridized carbons (Fsp3) is 0.540. The fourth-order valence-corrected chi connectivity index (χ4v) is 6.58. The van der Waals surface area contributed by atoms with Crippen LogP contribution in [0.2, 0.25) is 0 Å². The van der Waals surface area contributed by atoms with Gasteiger partial charge in [0.25, 0.3) is 0 Å². The van der Waals surface area contributed by atoms with Crippen LogP contribution in [0.4, 0.5) is 0 Å². The molecule has 0 spiro atoms. The average molecular weight is 949 g/mol. The highest BCUT2D eigenvalue weighted by Crippen LogP contribution is 2.11. The molecule has 0 aromatic heterocycles. The molecule has 69 heavy (non-hydrogen) atoms. The highest BCUT2D eigenvalue weighted by atomic mass is 16.6. The molecule has 0 aromatic rings. The lowest BCUT2D eigenvalue weighted by atomic mass is 10.1. The Hall–Kier alpha value is -4.97. The minimum absolute atomic E-state index is 0.129. The fourth-order valence-electron chi connectivity index (χ4n) is 6.58. The van der Waals surface area contributed by atoms with Gasteiger partial charge in [-0.3, -0.25) is 14.4 Å². The minimum Gasteiger partial charge on any atom is -0.462 e. The van der Waals surface area contributed by atoms with Crippen molar-refractivity contribution in [2.75, 3.05) is 13.2 Å². The Balaban J connectivity index is 4.61. The molecule has 0 saturated heterocycles. The number of esters is 3.